The average molecular weight is 421 g/mol. The topological polar surface area (TPSA) is 97.0 Å². The van der Waals surface area contributed by atoms with Gasteiger partial charge in [0.05, 0.1) is 11.3 Å². The van der Waals surface area contributed by atoms with Crippen LogP contribution in [0.4, 0.5) is 5.69 Å². The van der Waals surface area contributed by atoms with Crippen molar-refractivity contribution in [2.24, 2.45) is 0 Å². The van der Waals surface area contributed by atoms with Crippen LogP contribution < -0.4 is 20.1 Å². The Labute approximate surface area is 179 Å². The van der Waals surface area contributed by atoms with Crippen molar-refractivity contribution in [1.29, 1.82) is 0 Å². The highest BCUT2D eigenvalue weighted by atomic mass is 16.5. The molecule has 0 aliphatic carbocycles. The number of carbonyl (C=O) groups excluding carboxylic acids is 3. The number of fused-ring (bicyclic) bond motifs is 2. The Morgan fingerprint density at radius 3 is 2.52 bits per heavy atom. The number of rotatable bonds is 1. The van der Waals surface area contributed by atoms with Crippen molar-refractivity contribution in [3.63, 3.8) is 0 Å². The maximum Gasteiger partial charge on any atom is 0.268 e. The molecule has 160 valence electrons. The van der Waals surface area contributed by atoms with E-state index in [0.717, 1.165) is 0 Å². The molecule has 0 unspecified atom stereocenters. The maximum atomic E-state index is 13.1. The van der Waals surface area contributed by atoms with Gasteiger partial charge in [0.25, 0.3) is 17.7 Å². The van der Waals surface area contributed by atoms with Gasteiger partial charge in [-0.2, -0.15) is 0 Å². The number of amides is 3. The van der Waals surface area contributed by atoms with E-state index in [1.807, 2.05) is 6.07 Å². The van der Waals surface area contributed by atoms with Gasteiger partial charge in [-0.05, 0) is 44.2 Å². The number of hydrogen-bond donors (Lipinski definition) is 2. The Bertz CT molecular complexity index is 1100. The highest BCUT2D eigenvalue weighted by molar-refractivity contribution is 6.02. The zero-order valence-electron chi connectivity index (χ0n) is 17.4. The number of anilines is 1. The fourth-order valence-corrected chi connectivity index (χ4v) is 4.18. The molecule has 1 spiro atoms. The molecule has 0 radical (unpaired) electrons. The number of carbonyl (C=O) groups is 3. The first-order valence-electron chi connectivity index (χ1n) is 10.3. The molecule has 3 aliphatic heterocycles. The molecule has 3 heterocycles. The second-order valence-corrected chi connectivity index (χ2v) is 8.62. The molecule has 3 aliphatic rings. The lowest BCUT2D eigenvalue weighted by atomic mass is 9.96. The summed E-state index contributed by atoms with van der Waals surface area (Å²) < 4.78 is 11.9. The number of hydrogen-bond acceptors (Lipinski definition) is 5. The van der Waals surface area contributed by atoms with Crippen molar-refractivity contribution < 1.29 is 23.9 Å². The first-order chi connectivity index (χ1) is 14.8. The van der Waals surface area contributed by atoms with Crippen molar-refractivity contribution in [1.82, 2.24) is 10.2 Å². The molecule has 0 aromatic heterocycles. The van der Waals surface area contributed by atoms with E-state index in [9.17, 15) is 14.4 Å². The van der Waals surface area contributed by atoms with E-state index in [4.69, 9.17) is 9.47 Å². The molecule has 2 N–H and O–H groups in total. The number of likely N-dealkylation sites (tertiary alicyclic amines) is 1. The van der Waals surface area contributed by atoms with E-state index in [1.165, 1.54) is 0 Å². The predicted molar refractivity (Wildman–Crippen MR) is 112 cm³/mol. The summed E-state index contributed by atoms with van der Waals surface area (Å²) in [5.74, 6) is 0.555. The van der Waals surface area contributed by atoms with Crippen LogP contribution in [0.2, 0.25) is 0 Å². The van der Waals surface area contributed by atoms with Crippen molar-refractivity contribution in [2.75, 3.05) is 18.4 Å². The van der Waals surface area contributed by atoms with Gasteiger partial charge in [0, 0.05) is 31.5 Å². The Hall–Kier alpha value is -3.55. The van der Waals surface area contributed by atoms with Crippen LogP contribution in [-0.4, -0.2) is 47.0 Å². The Morgan fingerprint density at radius 2 is 1.74 bits per heavy atom. The van der Waals surface area contributed by atoms with Crippen molar-refractivity contribution in [3.8, 4) is 11.5 Å². The first-order valence-corrected chi connectivity index (χ1v) is 10.3. The molecule has 0 atom stereocenters. The third-order valence-electron chi connectivity index (χ3n) is 6.02. The zero-order valence-corrected chi connectivity index (χ0v) is 17.4. The molecule has 31 heavy (non-hydrogen) atoms. The van der Waals surface area contributed by atoms with E-state index in [2.05, 4.69) is 10.6 Å². The molecule has 3 amide bonds. The van der Waals surface area contributed by atoms with E-state index in [-0.39, 0.29) is 17.7 Å². The Kier molecular flexibility index (Phi) is 4.22. The third kappa shape index (κ3) is 3.28. The summed E-state index contributed by atoms with van der Waals surface area (Å²) in [4.78, 5) is 39.5. The van der Waals surface area contributed by atoms with Gasteiger partial charge in [0.2, 0.25) is 0 Å². The van der Waals surface area contributed by atoms with Gasteiger partial charge in [-0.25, -0.2) is 0 Å². The Morgan fingerprint density at radius 1 is 1.00 bits per heavy atom. The fraction of sp³-hybridized carbons (Fsp3) is 0.348. The number of nitrogens with zero attached hydrogens (tertiary/aromatic N) is 1. The SMILES string of the molecule is CC1(C)Oc2ccc(C(=O)N3CCC4(CC3)NC(=O)c3ccccc3O4)cc2NC1=O. The molecule has 0 bridgehead atoms. The lowest BCUT2D eigenvalue weighted by Gasteiger charge is -2.44. The molecule has 1 saturated heterocycles. The molecule has 0 saturated carbocycles. The summed E-state index contributed by atoms with van der Waals surface area (Å²) in [6.45, 7) is 4.26. The highest BCUT2D eigenvalue weighted by Gasteiger charge is 2.43. The minimum atomic E-state index is -0.956. The predicted octanol–water partition coefficient (Wildman–Crippen LogP) is 2.55. The van der Waals surface area contributed by atoms with E-state index in [0.29, 0.717) is 54.2 Å². The zero-order chi connectivity index (χ0) is 21.8. The second kappa shape index (κ2) is 6.73. The van der Waals surface area contributed by atoms with E-state index in [1.54, 1.807) is 55.1 Å². The minimum absolute atomic E-state index is 0.140. The minimum Gasteiger partial charge on any atom is -0.476 e. The number of ether oxygens (including phenoxy) is 2. The van der Waals surface area contributed by atoms with Gasteiger partial charge in [-0.15, -0.1) is 0 Å². The lowest BCUT2D eigenvalue weighted by Crippen LogP contribution is -2.61. The van der Waals surface area contributed by atoms with Crippen LogP contribution in [0.3, 0.4) is 0 Å². The van der Waals surface area contributed by atoms with Crippen LogP contribution in [0, 0.1) is 0 Å². The maximum absolute atomic E-state index is 13.1. The summed E-state index contributed by atoms with van der Waals surface area (Å²) in [5, 5.41) is 5.78. The van der Waals surface area contributed by atoms with Crippen LogP contribution in [0.25, 0.3) is 0 Å². The smallest absolute Gasteiger partial charge is 0.268 e. The molecule has 5 rings (SSSR count). The van der Waals surface area contributed by atoms with Gasteiger partial charge < -0.3 is 25.0 Å². The number of para-hydroxylation sites is 1. The molecule has 2 aromatic rings. The molecule has 8 nitrogen and oxygen atoms in total. The normalized spacial score (nSPS) is 20.5. The monoisotopic (exact) mass is 421 g/mol. The lowest BCUT2D eigenvalue weighted by molar-refractivity contribution is -0.129. The van der Waals surface area contributed by atoms with Crippen LogP contribution in [0.15, 0.2) is 42.5 Å². The van der Waals surface area contributed by atoms with Gasteiger partial charge in [-0.1, -0.05) is 12.1 Å². The first kappa shape index (κ1) is 19.4. The molecule has 8 heteroatoms. The molecule has 1 fully saturated rings. The summed E-state index contributed by atoms with van der Waals surface area (Å²) >= 11 is 0. The fourth-order valence-electron chi connectivity index (χ4n) is 4.18. The highest BCUT2D eigenvalue weighted by Crippen LogP contribution is 2.36. The molecule has 2 aromatic carbocycles. The second-order valence-electron chi connectivity index (χ2n) is 8.62. The van der Waals surface area contributed by atoms with E-state index < -0.39 is 11.3 Å². The van der Waals surface area contributed by atoms with Crippen molar-refractivity contribution in [2.45, 2.75) is 38.0 Å². The molecular weight excluding hydrogens is 398 g/mol. The van der Waals surface area contributed by atoms with Gasteiger partial charge in [0.1, 0.15) is 11.5 Å². The molecular formula is C23H23N3O5. The number of nitrogens with one attached hydrogen (secondary N) is 2. The number of piperidine rings is 1. The van der Waals surface area contributed by atoms with Gasteiger partial charge in [0.15, 0.2) is 11.3 Å². The van der Waals surface area contributed by atoms with Crippen molar-refractivity contribution in [3.05, 3.63) is 53.6 Å². The van der Waals surface area contributed by atoms with Crippen LogP contribution in [0.1, 0.15) is 47.4 Å². The average Bonchev–Trinajstić information content (AvgIpc) is 2.74. The standard InChI is InChI=1S/C23H23N3O5/c1-22(2)21(29)24-16-13-14(7-8-18(16)30-22)20(28)26-11-9-23(10-12-26)25-19(27)15-5-3-4-6-17(15)31-23/h3-8,13H,9-12H2,1-2H3,(H,24,29)(H,25,27). The third-order valence-corrected chi connectivity index (χ3v) is 6.02. The van der Waals surface area contributed by atoms with Crippen molar-refractivity contribution >= 4 is 23.4 Å². The van der Waals surface area contributed by atoms with Crippen LogP contribution in [-0.2, 0) is 4.79 Å². The summed E-state index contributed by atoms with van der Waals surface area (Å²) in [5.41, 5.74) is -0.276. The summed E-state index contributed by atoms with van der Waals surface area (Å²) in [6.07, 6.45) is 0.968. The Balaban J connectivity index is 1.30. The van der Waals surface area contributed by atoms with Gasteiger partial charge >= 0.3 is 0 Å². The van der Waals surface area contributed by atoms with Gasteiger partial charge in [-0.3, -0.25) is 14.4 Å². The number of benzene rings is 2. The van der Waals surface area contributed by atoms with Crippen LogP contribution >= 0.6 is 0 Å². The summed E-state index contributed by atoms with van der Waals surface area (Å²) in [6, 6.07) is 12.2. The van der Waals surface area contributed by atoms with E-state index >= 15 is 0 Å². The van der Waals surface area contributed by atoms with Crippen LogP contribution in [0.5, 0.6) is 11.5 Å². The summed E-state index contributed by atoms with van der Waals surface area (Å²) in [7, 11) is 0. The quantitative estimate of drug-likeness (QED) is 0.738. The largest absolute Gasteiger partial charge is 0.476 e.